The maximum Gasteiger partial charge on any atom is 0.188 e. The highest BCUT2D eigenvalue weighted by atomic mass is 79.9. The van der Waals surface area contributed by atoms with Gasteiger partial charge in [0.1, 0.15) is 11.5 Å². The fraction of sp³-hybridized carbons (Fsp3) is 0.538. The van der Waals surface area contributed by atoms with Crippen LogP contribution in [0.2, 0.25) is 0 Å². The van der Waals surface area contributed by atoms with E-state index in [9.17, 15) is 0 Å². The van der Waals surface area contributed by atoms with Gasteiger partial charge in [-0.3, -0.25) is 0 Å². The van der Waals surface area contributed by atoms with Crippen LogP contribution in [0.3, 0.4) is 0 Å². The normalized spacial score (nSPS) is 12.3. The molecule has 0 N–H and O–H groups in total. The minimum absolute atomic E-state index is 0.144. The first kappa shape index (κ1) is 17.7. The van der Waals surface area contributed by atoms with Gasteiger partial charge >= 0.3 is 0 Å². The van der Waals surface area contributed by atoms with Crippen LogP contribution in [0.5, 0.6) is 11.5 Å². The Morgan fingerprint density at radius 3 is 1.75 bits per heavy atom. The Morgan fingerprint density at radius 1 is 0.950 bits per heavy atom. The Bertz CT molecular complexity index is 407. The van der Waals surface area contributed by atoms with Crippen molar-refractivity contribution in [1.29, 1.82) is 0 Å². The third kappa shape index (κ3) is 4.33. The molecule has 0 bridgehead atoms. The van der Waals surface area contributed by atoms with Crippen LogP contribution < -0.4 is 9.47 Å². The number of halogens is 2. The lowest BCUT2D eigenvalue weighted by Gasteiger charge is -2.20. The highest BCUT2D eigenvalue weighted by molar-refractivity contribution is 9.11. The topological polar surface area (TPSA) is 46.2 Å². The molecule has 0 aliphatic rings. The van der Waals surface area contributed by atoms with Gasteiger partial charge in [0.25, 0.3) is 0 Å². The van der Waals surface area contributed by atoms with Crippen molar-refractivity contribution < 1.29 is 23.7 Å². The van der Waals surface area contributed by atoms with Crippen molar-refractivity contribution in [2.24, 2.45) is 0 Å². The highest BCUT2D eigenvalue weighted by Crippen LogP contribution is 2.44. The molecule has 0 heterocycles. The number of rotatable bonds is 8. The summed E-state index contributed by atoms with van der Waals surface area (Å²) in [6.07, 6.45) is -0.144. The zero-order valence-electron chi connectivity index (χ0n) is 11.9. The summed E-state index contributed by atoms with van der Waals surface area (Å²) in [7, 11) is 4.77. The Kier molecular flexibility index (Phi) is 7.83. The second kappa shape index (κ2) is 8.84. The minimum Gasteiger partial charge on any atom is -0.466 e. The molecule has 0 saturated heterocycles. The van der Waals surface area contributed by atoms with Gasteiger partial charge in [0.15, 0.2) is 13.6 Å². The smallest absolute Gasteiger partial charge is 0.188 e. The highest BCUT2D eigenvalue weighted by Gasteiger charge is 2.21. The summed E-state index contributed by atoms with van der Waals surface area (Å²) < 4.78 is 27.9. The van der Waals surface area contributed by atoms with E-state index in [0.717, 1.165) is 14.5 Å². The predicted molar refractivity (Wildman–Crippen MR) is 82.3 cm³/mol. The van der Waals surface area contributed by atoms with E-state index in [1.165, 1.54) is 0 Å². The van der Waals surface area contributed by atoms with Crippen LogP contribution in [-0.2, 0) is 14.2 Å². The van der Waals surface area contributed by atoms with Crippen LogP contribution in [0.25, 0.3) is 0 Å². The summed E-state index contributed by atoms with van der Waals surface area (Å²) >= 11 is 7.06. The third-order valence-corrected chi connectivity index (χ3v) is 4.23. The van der Waals surface area contributed by atoms with Gasteiger partial charge < -0.3 is 23.7 Å². The average molecular weight is 414 g/mol. The molecular formula is C13H18Br2O5. The molecule has 20 heavy (non-hydrogen) atoms. The standard InChI is InChI=1S/C13H18Br2O5/c1-8(18-4)11-12(14)9(19-6-16-2)5-10(13(11)15)20-7-17-3/h5,8H,6-7H2,1-4H3. The lowest BCUT2D eigenvalue weighted by atomic mass is 10.1. The summed E-state index contributed by atoms with van der Waals surface area (Å²) in [4.78, 5) is 0. The molecule has 0 aliphatic heterocycles. The molecule has 1 rings (SSSR count). The molecule has 0 aromatic heterocycles. The Hall–Kier alpha value is -0.340. The summed E-state index contributed by atoms with van der Waals surface area (Å²) in [6, 6.07) is 1.76. The van der Waals surface area contributed by atoms with E-state index < -0.39 is 0 Å². The van der Waals surface area contributed by atoms with E-state index in [1.54, 1.807) is 27.4 Å². The molecule has 7 heteroatoms. The zero-order valence-corrected chi connectivity index (χ0v) is 15.0. The Morgan fingerprint density at radius 2 is 1.40 bits per heavy atom. The summed E-state index contributed by atoms with van der Waals surface area (Å²) in [5.41, 5.74) is 0.896. The van der Waals surface area contributed by atoms with Crippen LogP contribution in [0, 0.1) is 0 Å². The first-order valence-corrected chi connectivity index (χ1v) is 7.43. The van der Waals surface area contributed by atoms with Crippen molar-refractivity contribution in [2.45, 2.75) is 13.0 Å². The van der Waals surface area contributed by atoms with Gasteiger partial charge in [0.2, 0.25) is 0 Å². The molecule has 114 valence electrons. The summed E-state index contributed by atoms with van der Waals surface area (Å²) in [6.45, 7) is 2.22. The number of benzene rings is 1. The van der Waals surface area contributed by atoms with Gasteiger partial charge in [-0.1, -0.05) is 0 Å². The van der Waals surface area contributed by atoms with Crippen molar-refractivity contribution in [2.75, 3.05) is 34.9 Å². The zero-order chi connectivity index (χ0) is 15.1. The van der Waals surface area contributed by atoms with E-state index in [2.05, 4.69) is 31.9 Å². The lowest BCUT2D eigenvalue weighted by Crippen LogP contribution is -2.07. The number of methoxy groups -OCH3 is 3. The maximum atomic E-state index is 5.53. The molecule has 1 atom stereocenters. The Labute approximate surface area is 135 Å². The maximum absolute atomic E-state index is 5.53. The van der Waals surface area contributed by atoms with Crippen molar-refractivity contribution in [3.05, 3.63) is 20.6 Å². The van der Waals surface area contributed by atoms with E-state index in [4.69, 9.17) is 23.7 Å². The van der Waals surface area contributed by atoms with Crippen LogP contribution in [0.4, 0.5) is 0 Å². The van der Waals surface area contributed by atoms with Crippen molar-refractivity contribution >= 4 is 31.9 Å². The van der Waals surface area contributed by atoms with E-state index in [-0.39, 0.29) is 19.7 Å². The quantitative estimate of drug-likeness (QED) is 0.605. The second-order valence-electron chi connectivity index (χ2n) is 3.89. The van der Waals surface area contributed by atoms with Gasteiger partial charge in [0.05, 0.1) is 15.0 Å². The van der Waals surface area contributed by atoms with Crippen LogP contribution in [0.15, 0.2) is 15.0 Å². The first-order chi connectivity index (χ1) is 9.56. The predicted octanol–water partition coefficient (Wildman–Crippen LogP) is 3.88. The molecule has 1 aromatic rings. The molecule has 0 spiro atoms. The summed E-state index contributed by atoms with van der Waals surface area (Å²) in [5.74, 6) is 1.22. The Balaban J connectivity index is 3.24. The van der Waals surface area contributed by atoms with Crippen LogP contribution in [-0.4, -0.2) is 34.9 Å². The third-order valence-electron chi connectivity index (χ3n) is 2.59. The molecule has 0 saturated carbocycles. The van der Waals surface area contributed by atoms with Gasteiger partial charge in [0, 0.05) is 33.0 Å². The molecule has 1 unspecified atom stereocenters. The largest absolute Gasteiger partial charge is 0.466 e. The number of hydrogen-bond acceptors (Lipinski definition) is 5. The van der Waals surface area contributed by atoms with Crippen molar-refractivity contribution in [3.63, 3.8) is 0 Å². The molecule has 0 radical (unpaired) electrons. The molecule has 0 amide bonds. The van der Waals surface area contributed by atoms with Gasteiger partial charge in [-0.15, -0.1) is 0 Å². The van der Waals surface area contributed by atoms with Gasteiger partial charge in [-0.2, -0.15) is 0 Å². The second-order valence-corrected chi connectivity index (χ2v) is 5.48. The SMILES string of the molecule is COCOc1cc(OCOC)c(Br)c(C(C)OC)c1Br. The lowest BCUT2D eigenvalue weighted by molar-refractivity contribution is 0.0444. The fourth-order valence-electron chi connectivity index (χ4n) is 1.54. The molecule has 5 nitrogen and oxygen atoms in total. The summed E-state index contributed by atoms with van der Waals surface area (Å²) in [5, 5.41) is 0. The average Bonchev–Trinajstić information content (AvgIpc) is 2.45. The fourth-order valence-corrected chi connectivity index (χ4v) is 3.30. The van der Waals surface area contributed by atoms with Gasteiger partial charge in [-0.25, -0.2) is 0 Å². The molecule has 1 aromatic carbocycles. The van der Waals surface area contributed by atoms with Crippen LogP contribution in [0.1, 0.15) is 18.6 Å². The van der Waals surface area contributed by atoms with Crippen molar-refractivity contribution in [3.8, 4) is 11.5 Å². The van der Waals surface area contributed by atoms with Crippen LogP contribution >= 0.6 is 31.9 Å². The van der Waals surface area contributed by atoms with E-state index >= 15 is 0 Å². The molecule has 0 fully saturated rings. The first-order valence-electron chi connectivity index (χ1n) is 5.84. The van der Waals surface area contributed by atoms with Gasteiger partial charge in [-0.05, 0) is 38.8 Å². The monoisotopic (exact) mass is 412 g/mol. The molecular weight excluding hydrogens is 396 g/mol. The number of hydrogen-bond donors (Lipinski definition) is 0. The minimum atomic E-state index is -0.144. The molecule has 0 aliphatic carbocycles. The van der Waals surface area contributed by atoms with E-state index in [1.807, 2.05) is 6.92 Å². The number of ether oxygens (including phenoxy) is 5. The van der Waals surface area contributed by atoms with Crippen molar-refractivity contribution in [1.82, 2.24) is 0 Å². The van der Waals surface area contributed by atoms with E-state index in [0.29, 0.717) is 11.5 Å².